The predicted octanol–water partition coefficient (Wildman–Crippen LogP) is 8.96. The van der Waals surface area contributed by atoms with Gasteiger partial charge >= 0.3 is 12.2 Å². The van der Waals surface area contributed by atoms with Crippen molar-refractivity contribution in [2.45, 2.75) is 135 Å². The maximum Gasteiger partial charge on any atom is 0.410 e. The number of piperazine rings is 1. The Morgan fingerprint density at radius 1 is 0.982 bits per heavy atom. The van der Waals surface area contributed by atoms with E-state index >= 15 is 0 Å². The number of carbonyl (C=O) groups is 2. The number of hydrogen-bond donors (Lipinski definition) is 0. The van der Waals surface area contributed by atoms with Crippen molar-refractivity contribution in [3.05, 3.63) is 28.5 Å². The molecule has 2 aromatic heterocycles. The molecule has 55 heavy (non-hydrogen) atoms. The smallest absolute Gasteiger partial charge is 0.410 e. The number of halogens is 1. The Labute approximate surface area is 331 Å². The standard InChI is InChI=1S/C41H60ClN7O5Si/c1-27-20-31-30(23-43-49(31)32-12-9-10-17-52-32)34(35(27)42)33-28(2)48(29-21-40(22-29)24-46(25-40)38(51)54-39(3,4)5)44-36(33)47-16-15-45(26-41(47)13-11-14-41)37(50)53-18-19-55(6,7)8/h20,23,29,32H,9-19,21-22,24-26H2,1-8H3. The summed E-state index contributed by atoms with van der Waals surface area (Å²) in [7, 11) is -1.33. The summed E-state index contributed by atoms with van der Waals surface area (Å²) in [5.41, 5.74) is 4.45. The van der Waals surface area contributed by atoms with Crippen LogP contribution in [0.4, 0.5) is 15.4 Å². The molecule has 2 spiro atoms. The van der Waals surface area contributed by atoms with Gasteiger partial charge in [-0.15, -0.1) is 0 Å². The van der Waals surface area contributed by atoms with Crippen LogP contribution in [0.3, 0.4) is 0 Å². The predicted molar refractivity (Wildman–Crippen MR) is 218 cm³/mol. The van der Waals surface area contributed by atoms with E-state index in [0.29, 0.717) is 44.4 Å². The minimum Gasteiger partial charge on any atom is -0.450 e. The van der Waals surface area contributed by atoms with E-state index in [1.165, 1.54) is 0 Å². The molecule has 5 fully saturated rings. The van der Waals surface area contributed by atoms with Crippen LogP contribution < -0.4 is 4.90 Å². The summed E-state index contributed by atoms with van der Waals surface area (Å²) in [6, 6.07) is 3.31. The fourth-order valence-electron chi connectivity index (χ4n) is 9.63. The molecular weight excluding hydrogens is 734 g/mol. The third kappa shape index (κ3) is 7.15. The maximum absolute atomic E-state index is 13.4. The lowest BCUT2D eigenvalue weighted by Crippen LogP contribution is -2.67. The first kappa shape index (κ1) is 38.6. The van der Waals surface area contributed by atoms with Gasteiger partial charge in [-0.3, -0.25) is 4.68 Å². The molecular formula is C41H60ClN7O5Si. The minimum absolute atomic E-state index is 0.0896. The van der Waals surface area contributed by atoms with Crippen LogP contribution in [0.25, 0.3) is 22.0 Å². The van der Waals surface area contributed by atoms with E-state index in [4.69, 9.17) is 36.0 Å². The molecule has 1 atom stereocenters. The molecule has 2 saturated carbocycles. The highest BCUT2D eigenvalue weighted by atomic mass is 35.5. The van der Waals surface area contributed by atoms with Crippen LogP contribution >= 0.6 is 11.6 Å². The van der Waals surface area contributed by atoms with Crippen molar-refractivity contribution in [1.82, 2.24) is 29.4 Å². The number of benzene rings is 1. The van der Waals surface area contributed by atoms with Gasteiger partial charge in [0.05, 0.1) is 34.9 Å². The fourth-order valence-corrected chi connectivity index (χ4v) is 10.6. The largest absolute Gasteiger partial charge is 0.450 e. The normalized spacial score (nSPS) is 22.5. The molecule has 3 aromatic rings. The lowest BCUT2D eigenvalue weighted by atomic mass is 9.61. The highest BCUT2D eigenvalue weighted by Gasteiger charge is 2.56. The van der Waals surface area contributed by atoms with E-state index in [1.54, 1.807) is 0 Å². The number of amides is 2. The van der Waals surface area contributed by atoms with Crippen molar-refractivity contribution in [2.75, 3.05) is 50.8 Å². The van der Waals surface area contributed by atoms with Crippen molar-refractivity contribution < 1.29 is 23.8 Å². The molecule has 8 rings (SSSR count). The molecule has 14 heteroatoms. The van der Waals surface area contributed by atoms with Gasteiger partial charge in [0.15, 0.2) is 12.0 Å². The quantitative estimate of drug-likeness (QED) is 0.218. The first-order chi connectivity index (χ1) is 26.0. The third-order valence-electron chi connectivity index (χ3n) is 12.7. The Balaban J connectivity index is 1.14. The van der Waals surface area contributed by atoms with Gasteiger partial charge in [-0.25, -0.2) is 14.3 Å². The number of ether oxygens (including phenoxy) is 3. The van der Waals surface area contributed by atoms with Crippen LogP contribution in [-0.4, -0.2) is 107 Å². The van der Waals surface area contributed by atoms with Crippen LogP contribution in [-0.2, 0) is 14.2 Å². The molecule has 0 bridgehead atoms. The molecule has 3 saturated heterocycles. The molecule has 2 amide bonds. The molecule has 300 valence electrons. The van der Waals surface area contributed by atoms with E-state index in [-0.39, 0.29) is 35.4 Å². The summed E-state index contributed by atoms with van der Waals surface area (Å²) in [5, 5.41) is 12.2. The van der Waals surface area contributed by atoms with Crippen LogP contribution in [0.15, 0.2) is 12.3 Å². The summed E-state index contributed by atoms with van der Waals surface area (Å²) in [4.78, 5) is 32.5. The van der Waals surface area contributed by atoms with E-state index in [2.05, 4.69) is 49.1 Å². The number of anilines is 1. The molecule has 2 aliphatic carbocycles. The van der Waals surface area contributed by atoms with Gasteiger partial charge in [0.2, 0.25) is 0 Å². The number of nitrogens with zero attached hydrogens (tertiary/aromatic N) is 7. The number of fused-ring (bicyclic) bond motifs is 1. The number of aryl methyl sites for hydroxylation is 1. The van der Waals surface area contributed by atoms with Gasteiger partial charge in [0.1, 0.15) is 5.60 Å². The zero-order chi connectivity index (χ0) is 39.1. The highest BCUT2D eigenvalue weighted by molar-refractivity contribution is 6.76. The van der Waals surface area contributed by atoms with Crippen molar-refractivity contribution in [3.8, 4) is 11.1 Å². The number of hydrogen-bond acceptors (Lipinski definition) is 8. The molecule has 3 aliphatic heterocycles. The average molecular weight is 795 g/mol. The van der Waals surface area contributed by atoms with Crippen LogP contribution in [0.2, 0.25) is 30.7 Å². The van der Waals surface area contributed by atoms with Crippen molar-refractivity contribution >= 4 is 48.6 Å². The molecule has 5 aliphatic rings. The number of carbonyl (C=O) groups excluding carboxylic acids is 2. The minimum atomic E-state index is -1.33. The SMILES string of the molecule is Cc1cc2c(cnn2C2CCCCO2)c(-c2c(N3CCN(C(=O)OCC[Si](C)(C)C)CC34CCC4)nn(C3CC4(C3)CN(C(=O)OC(C)(C)C)C4)c2C)c1Cl. The average Bonchev–Trinajstić information content (AvgIpc) is 3.62. The third-order valence-corrected chi connectivity index (χ3v) is 14.9. The number of likely N-dealkylation sites (tertiary alicyclic amines) is 1. The topological polar surface area (TPSA) is 107 Å². The molecule has 1 aromatic carbocycles. The molecule has 5 heterocycles. The fraction of sp³-hybridized carbons (Fsp3) is 0.707. The Morgan fingerprint density at radius 3 is 2.36 bits per heavy atom. The van der Waals surface area contributed by atoms with Gasteiger partial charge in [0, 0.05) is 75.0 Å². The number of aromatic nitrogens is 4. The van der Waals surface area contributed by atoms with Crippen LogP contribution in [0.5, 0.6) is 0 Å². The molecule has 0 N–H and O–H groups in total. The maximum atomic E-state index is 13.4. The summed E-state index contributed by atoms with van der Waals surface area (Å²) < 4.78 is 22.0. The second-order valence-electron chi connectivity index (χ2n) is 19.4. The Bertz CT molecular complexity index is 1960. The van der Waals surface area contributed by atoms with Gasteiger partial charge in [0.25, 0.3) is 0 Å². The molecule has 12 nitrogen and oxygen atoms in total. The summed E-state index contributed by atoms with van der Waals surface area (Å²) in [6.45, 7) is 21.4. The van der Waals surface area contributed by atoms with Crippen molar-refractivity contribution in [2.24, 2.45) is 5.41 Å². The van der Waals surface area contributed by atoms with E-state index in [9.17, 15) is 9.59 Å². The second-order valence-corrected chi connectivity index (χ2v) is 25.4. The van der Waals surface area contributed by atoms with E-state index < -0.39 is 13.7 Å². The summed E-state index contributed by atoms with van der Waals surface area (Å²) >= 11 is 7.41. The van der Waals surface area contributed by atoms with Gasteiger partial charge in [-0.1, -0.05) is 31.2 Å². The Kier molecular flexibility index (Phi) is 9.80. The zero-order valence-corrected chi connectivity index (χ0v) is 35.9. The lowest BCUT2D eigenvalue weighted by Gasteiger charge is -2.58. The first-order valence-electron chi connectivity index (χ1n) is 20.5. The van der Waals surface area contributed by atoms with E-state index in [0.717, 1.165) is 103 Å². The highest BCUT2D eigenvalue weighted by Crippen LogP contribution is 2.56. The number of rotatable bonds is 7. The first-order valence-corrected chi connectivity index (χ1v) is 24.6. The molecule has 1 unspecified atom stereocenters. The van der Waals surface area contributed by atoms with Gasteiger partial charge < -0.3 is 28.9 Å². The monoisotopic (exact) mass is 793 g/mol. The van der Waals surface area contributed by atoms with Gasteiger partial charge in [-0.05, 0) is 104 Å². The Morgan fingerprint density at radius 2 is 1.73 bits per heavy atom. The van der Waals surface area contributed by atoms with Crippen molar-refractivity contribution in [3.63, 3.8) is 0 Å². The lowest BCUT2D eigenvalue weighted by molar-refractivity contribution is -0.0930. The summed E-state index contributed by atoms with van der Waals surface area (Å²) in [6.07, 6.45) is 9.50. The van der Waals surface area contributed by atoms with Crippen molar-refractivity contribution in [1.29, 1.82) is 0 Å². The zero-order valence-electron chi connectivity index (χ0n) is 34.2. The second kappa shape index (κ2) is 14.0. The summed E-state index contributed by atoms with van der Waals surface area (Å²) in [5.74, 6) is 0.935. The Hall–Kier alpha value is -3.29. The van der Waals surface area contributed by atoms with E-state index in [1.807, 2.05) is 41.4 Å². The van der Waals surface area contributed by atoms with Gasteiger partial charge in [-0.2, -0.15) is 10.2 Å². The van der Waals surface area contributed by atoms with Crippen LogP contribution in [0, 0.1) is 19.3 Å². The molecule has 0 radical (unpaired) electrons. The van der Waals surface area contributed by atoms with Crippen LogP contribution in [0.1, 0.15) is 95.7 Å².